The van der Waals surface area contributed by atoms with Gasteiger partial charge in [0.25, 0.3) is 0 Å². The summed E-state index contributed by atoms with van der Waals surface area (Å²) in [4.78, 5) is 0. The van der Waals surface area contributed by atoms with Crippen LogP contribution in [0.2, 0.25) is 0 Å². The van der Waals surface area contributed by atoms with Gasteiger partial charge < -0.3 is 23.7 Å². The van der Waals surface area contributed by atoms with Crippen LogP contribution in [-0.2, 0) is 31.1 Å². The average Bonchev–Trinajstić information content (AvgIpc) is 2.73. The summed E-state index contributed by atoms with van der Waals surface area (Å²) in [6.07, 6.45) is 0. The molecule has 0 aliphatic carbocycles. The van der Waals surface area contributed by atoms with Gasteiger partial charge in [-0.2, -0.15) is 0 Å². The van der Waals surface area contributed by atoms with E-state index in [2.05, 4.69) is 107 Å². The van der Waals surface area contributed by atoms with E-state index in [-0.39, 0.29) is 35.2 Å². The van der Waals surface area contributed by atoms with Crippen molar-refractivity contribution < 1.29 is 23.7 Å². The molecule has 0 aromatic heterocycles. The average molecular weight is 515 g/mol. The lowest BCUT2D eigenvalue weighted by Gasteiger charge is -2.31. The highest BCUT2D eigenvalue weighted by molar-refractivity contribution is 5.59. The van der Waals surface area contributed by atoms with E-state index < -0.39 is 0 Å². The Balaban J connectivity index is 2.93. The zero-order valence-electron chi connectivity index (χ0n) is 25.8. The third kappa shape index (κ3) is 7.87. The van der Waals surface area contributed by atoms with Crippen LogP contribution in [0.15, 0.2) is 24.3 Å². The summed E-state index contributed by atoms with van der Waals surface area (Å²) < 4.78 is 29.8. The molecule has 0 saturated heterocycles. The lowest BCUT2D eigenvalue weighted by molar-refractivity contribution is 0.0459. The first-order valence-corrected chi connectivity index (χ1v) is 13.1. The maximum Gasteiger partial charge on any atom is 0.188 e. The molecule has 0 aliphatic rings. The Hall–Kier alpha value is -2.24. The van der Waals surface area contributed by atoms with E-state index in [0.29, 0.717) is 23.0 Å². The summed E-state index contributed by atoms with van der Waals surface area (Å²) in [6, 6.07) is 8.63. The van der Waals surface area contributed by atoms with Crippen molar-refractivity contribution in [3.63, 3.8) is 0 Å². The Morgan fingerprint density at radius 3 is 1.05 bits per heavy atom. The van der Waals surface area contributed by atoms with Gasteiger partial charge in [-0.25, -0.2) is 0 Å². The monoisotopic (exact) mass is 514 g/mol. The Bertz CT molecular complexity index is 972. The minimum atomic E-state index is -0.179. The van der Waals surface area contributed by atoms with Gasteiger partial charge in [-0.15, -0.1) is 0 Å². The summed E-state index contributed by atoms with van der Waals surface area (Å²) in [6.45, 7) is 26.6. The first-order valence-electron chi connectivity index (χ1n) is 13.1. The van der Waals surface area contributed by atoms with Crippen LogP contribution in [0.3, 0.4) is 0 Å². The minimum Gasteiger partial charge on any atom is -0.463 e. The molecule has 0 N–H and O–H groups in total. The number of methoxy groups -OCH3 is 2. The van der Waals surface area contributed by atoms with Crippen molar-refractivity contribution in [3.05, 3.63) is 46.5 Å². The van der Waals surface area contributed by atoms with Gasteiger partial charge in [0.1, 0.15) is 0 Å². The maximum absolute atomic E-state index is 6.82. The molecule has 0 spiro atoms. The topological polar surface area (TPSA) is 46.2 Å². The van der Waals surface area contributed by atoms with Crippen LogP contribution in [-0.4, -0.2) is 27.8 Å². The first kappa shape index (κ1) is 31.0. The van der Waals surface area contributed by atoms with Crippen LogP contribution >= 0.6 is 0 Å². The van der Waals surface area contributed by atoms with Gasteiger partial charge in [0.05, 0.1) is 0 Å². The highest BCUT2D eigenvalue weighted by Gasteiger charge is 2.30. The molecule has 0 unspecified atom stereocenters. The molecule has 0 heterocycles. The molecule has 0 amide bonds. The lowest BCUT2D eigenvalue weighted by atomic mass is 9.79. The predicted molar refractivity (Wildman–Crippen MR) is 153 cm³/mol. The fraction of sp³-hybridized carbons (Fsp3) is 0.625. The molecule has 0 fully saturated rings. The highest BCUT2D eigenvalue weighted by Crippen LogP contribution is 2.48. The van der Waals surface area contributed by atoms with Crippen molar-refractivity contribution in [1.29, 1.82) is 0 Å². The van der Waals surface area contributed by atoms with E-state index in [9.17, 15) is 0 Å². The Labute approximate surface area is 225 Å². The van der Waals surface area contributed by atoms with Gasteiger partial charge in [0.2, 0.25) is 0 Å². The molecule has 2 rings (SSSR count). The van der Waals surface area contributed by atoms with Gasteiger partial charge in [-0.1, -0.05) is 95.2 Å². The second-order valence-electron chi connectivity index (χ2n) is 13.9. The number of benzene rings is 2. The van der Waals surface area contributed by atoms with Gasteiger partial charge in [0, 0.05) is 25.3 Å². The molecule has 0 bridgehead atoms. The van der Waals surface area contributed by atoms with Crippen molar-refractivity contribution in [2.24, 2.45) is 0 Å². The van der Waals surface area contributed by atoms with E-state index in [1.807, 2.05) is 0 Å². The molecule has 208 valence electrons. The smallest absolute Gasteiger partial charge is 0.188 e. The number of rotatable bonds is 8. The lowest BCUT2D eigenvalue weighted by Crippen LogP contribution is -2.20. The summed E-state index contributed by atoms with van der Waals surface area (Å²) in [5, 5.41) is 0. The van der Waals surface area contributed by atoms with Gasteiger partial charge >= 0.3 is 0 Å². The van der Waals surface area contributed by atoms with E-state index in [1.54, 1.807) is 14.2 Å². The number of ether oxygens (including phenoxy) is 5. The molecule has 5 nitrogen and oxygen atoms in total. The van der Waals surface area contributed by atoms with Crippen LogP contribution in [0.5, 0.6) is 23.0 Å². The second kappa shape index (κ2) is 11.2. The second-order valence-corrected chi connectivity index (χ2v) is 13.9. The van der Waals surface area contributed by atoms with Gasteiger partial charge in [-0.3, -0.25) is 0 Å². The fourth-order valence-corrected chi connectivity index (χ4v) is 3.99. The third-order valence-electron chi connectivity index (χ3n) is 6.32. The fourth-order valence-electron chi connectivity index (χ4n) is 3.99. The Morgan fingerprint density at radius 2 is 0.811 bits per heavy atom. The summed E-state index contributed by atoms with van der Waals surface area (Å²) in [7, 11) is 3.25. The molecular formula is C32H50O5. The van der Waals surface area contributed by atoms with Crippen molar-refractivity contribution in [2.45, 2.75) is 105 Å². The molecule has 0 radical (unpaired) electrons. The molecule has 0 aliphatic heterocycles. The van der Waals surface area contributed by atoms with Crippen LogP contribution in [0.25, 0.3) is 0 Å². The zero-order chi connectivity index (χ0) is 28.4. The molecule has 0 atom stereocenters. The molecule has 0 saturated carbocycles. The number of hydrogen-bond acceptors (Lipinski definition) is 5. The van der Waals surface area contributed by atoms with Crippen LogP contribution in [0.4, 0.5) is 0 Å². The van der Waals surface area contributed by atoms with E-state index in [1.165, 1.54) is 11.1 Å². The quantitative estimate of drug-likeness (QED) is 0.330. The van der Waals surface area contributed by atoms with Crippen LogP contribution < -0.4 is 14.2 Å². The van der Waals surface area contributed by atoms with E-state index in [0.717, 1.165) is 11.1 Å². The van der Waals surface area contributed by atoms with Crippen molar-refractivity contribution in [2.75, 3.05) is 27.8 Å². The number of hydrogen-bond donors (Lipinski definition) is 0. The normalized spacial score (nSPS) is 13.0. The van der Waals surface area contributed by atoms with Gasteiger partial charge in [0.15, 0.2) is 36.6 Å². The highest BCUT2D eigenvalue weighted by atomic mass is 16.7. The Kier molecular flexibility index (Phi) is 9.42. The zero-order valence-corrected chi connectivity index (χ0v) is 25.8. The van der Waals surface area contributed by atoms with Crippen molar-refractivity contribution in [3.8, 4) is 23.0 Å². The molecule has 5 heteroatoms. The minimum absolute atomic E-state index is 0.0862. The van der Waals surface area contributed by atoms with Crippen molar-refractivity contribution in [1.82, 2.24) is 0 Å². The SMILES string of the molecule is COCOc1c(Oc2cc(C(C)(C)C)cc(C(C)(C)C)c2OCOC)cc(C(C)(C)C)cc1C(C)(C)C. The third-order valence-corrected chi connectivity index (χ3v) is 6.32. The molecule has 2 aromatic rings. The van der Waals surface area contributed by atoms with Crippen molar-refractivity contribution >= 4 is 0 Å². The largest absolute Gasteiger partial charge is 0.463 e. The van der Waals surface area contributed by atoms with Crippen LogP contribution in [0, 0.1) is 0 Å². The first-order chi connectivity index (χ1) is 16.8. The summed E-state index contributed by atoms with van der Waals surface area (Å²) in [5.41, 5.74) is 3.93. The van der Waals surface area contributed by atoms with Gasteiger partial charge in [-0.05, 0) is 44.9 Å². The predicted octanol–water partition coefficient (Wildman–Crippen LogP) is 8.63. The summed E-state index contributed by atoms with van der Waals surface area (Å²) >= 11 is 0. The van der Waals surface area contributed by atoms with E-state index in [4.69, 9.17) is 23.7 Å². The summed E-state index contributed by atoms with van der Waals surface area (Å²) in [5.74, 6) is 2.64. The standard InChI is InChI=1S/C32H50O5/c1-29(2,3)21-15-23(31(7,8)9)27(35-19-33-13)25(17-21)37-26-18-22(30(4,5)6)16-24(32(10,11)12)28(26)36-20-34-14/h15-18H,19-20H2,1-14H3. The van der Waals surface area contributed by atoms with Crippen LogP contribution in [0.1, 0.15) is 105 Å². The van der Waals surface area contributed by atoms with E-state index >= 15 is 0 Å². The molecule has 2 aromatic carbocycles. The molecular weight excluding hydrogens is 464 g/mol. The Morgan fingerprint density at radius 1 is 0.486 bits per heavy atom. The molecule has 37 heavy (non-hydrogen) atoms. The maximum atomic E-state index is 6.82.